The van der Waals surface area contributed by atoms with Crippen LogP contribution in [0.15, 0.2) is 47.4 Å². The van der Waals surface area contributed by atoms with Crippen LogP contribution in [0.25, 0.3) is 0 Å². The third-order valence-electron chi connectivity index (χ3n) is 4.20. The van der Waals surface area contributed by atoms with Crippen LogP contribution < -0.4 is 10.1 Å². The summed E-state index contributed by atoms with van der Waals surface area (Å²) in [5.41, 5.74) is 3.46. The van der Waals surface area contributed by atoms with Gasteiger partial charge in [0.05, 0.1) is 6.04 Å². The number of hydrogen-bond acceptors (Lipinski definition) is 4. The molecule has 0 heterocycles. The van der Waals surface area contributed by atoms with E-state index in [0.29, 0.717) is 12.2 Å². The first-order valence-corrected chi connectivity index (χ1v) is 9.77. The Morgan fingerprint density at radius 3 is 2.44 bits per heavy atom. The summed E-state index contributed by atoms with van der Waals surface area (Å²) < 4.78 is 5.10. The summed E-state index contributed by atoms with van der Waals surface area (Å²) in [6, 6.07) is 13.3. The molecule has 1 unspecified atom stereocenters. The quantitative estimate of drug-likeness (QED) is 0.633. The van der Waals surface area contributed by atoms with E-state index < -0.39 is 5.97 Å². The van der Waals surface area contributed by atoms with Crippen molar-refractivity contribution in [3.63, 3.8) is 0 Å². The average molecular weight is 388 g/mol. The highest BCUT2D eigenvalue weighted by Gasteiger charge is 2.10. The standard InChI is InChI=1S/C21H25NO4S/c1-14-4-9-19(12-15(14)2)27-11-10-20(23)22-16(3)17-5-7-18(8-6-17)26-13-21(24)25/h4-9,12,16H,10-11,13H2,1-3H3,(H,22,23)(H,24,25). The van der Waals surface area contributed by atoms with E-state index in [1.807, 2.05) is 19.1 Å². The lowest BCUT2D eigenvalue weighted by Crippen LogP contribution is -2.26. The summed E-state index contributed by atoms with van der Waals surface area (Å²) in [5.74, 6) is 0.205. The number of thioether (sulfide) groups is 1. The minimum absolute atomic E-state index is 0.00466. The number of carboxylic acid groups (broad SMARTS) is 1. The SMILES string of the molecule is Cc1ccc(SCCC(=O)NC(C)c2ccc(OCC(=O)O)cc2)cc1C. The van der Waals surface area contributed by atoms with Gasteiger partial charge in [-0.1, -0.05) is 18.2 Å². The number of nitrogens with one attached hydrogen (secondary N) is 1. The number of carbonyl (C=O) groups is 2. The van der Waals surface area contributed by atoms with Gasteiger partial charge >= 0.3 is 5.97 Å². The van der Waals surface area contributed by atoms with Gasteiger partial charge in [-0.15, -0.1) is 11.8 Å². The molecule has 0 radical (unpaired) electrons. The Morgan fingerprint density at radius 2 is 1.81 bits per heavy atom. The highest BCUT2D eigenvalue weighted by Crippen LogP contribution is 2.22. The third kappa shape index (κ3) is 6.98. The Morgan fingerprint density at radius 1 is 1.11 bits per heavy atom. The molecule has 0 fully saturated rings. The Kier molecular flexibility index (Phi) is 7.73. The van der Waals surface area contributed by atoms with Crippen molar-refractivity contribution in [2.24, 2.45) is 0 Å². The monoisotopic (exact) mass is 387 g/mol. The number of carbonyl (C=O) groups excluding carboxylic acids is 1. The fourth-order valence-electron chi connectivity index (χ4n) is 2.46. The molecule has 2 aromatic carbocycles. The second-order valence-electron chi connectivity index (χ2n) is 6.39. The number of carboxylic acids is 1. The first kappa shape index (κ1) is 20.8. The number of hydrogen-bond donors (Lipinski definition) is 2. The zero-order chi connectivity index (χ0) is 19.8. The third-order valence-corrected chi connectivity index (χ3v) is 5.19. The summed E-state index contributed by atoms with van der Waals surface area (Å²) >= 11 is 1.68. The van der Waals surface area contributed by atoms with E-state index >= 15 is 0 Å². The molecule has 2 N–H and O–H groups in total. The van der Waals surface area contributed by atoms with Crippen molar-refractivity contribution in [3.05, 3.63) is 59.2 Å². The normalized spacial score (nSPS) is 11.7. The molecule has 2 rings (SSSR count). The van der Waals surface area contributed by atoms with Crippen LogP contribution in [0.5, 0.6) is 5.75 Å². The Labute approximate surface area is 164 Å². The number of rotatable bonds is 9. The van der Waals surface area contributed by atoms with Crippen LogP contribution in [0.4, 0.5) is 0 Å². The van der Waals surface area contributed by atoms with Crippen LogP contribution >= 0.6 is 11.8 Å². The molecule has 1 atom stereocenters. The molecule has 0 spiro atoms. The van der Waals surface area contributed by atoms with Crippen molar-refractivity contribution in [2.45, 2.75) is 38.1 Å². The van der Waals surface area contributed by atoms with Gasteiger partial charge in [0.1, 0.15) is 5.75 Å². The van der Waals surface area contributed by atoms with Crippen molar-refractivity contribution in [3.8, 4) is 5.75 Å². The highest BCUT2D eigenvalue weighted by atomic mass is 32.2. The van der Waals surface area contributed by atoms with E-state index in [2.05, 4.69) is 37.4 Å². The molecule has 0 bridgehead atoms. The number of aryl methyl sites for hydroxylation is 2. The van der Waals surface area contributed by atoms with E-state index in [1.54, 1.807) is 23.9 Å². The predicted molar refractivity (Wildman–Crippen MR) is 107 cm³/mol. The van der Waals surface area contributed by atoms with Gasteiger partial charge in [0.2, 0.25) is 5.91 Å². The molecule has 1 amide bonds. The van der Waals surface area contributed by atoms with Gasteiger partial charge < -0.3 is 15.2 Å². The van der Waals surface area contributed by atoms with Gasteiger partial charge in [-0.2, -0.15) is 0 Å². The highest BCUT2D eigenvalue weighted by molar-refractivity contribution is 7.99. The minimum Gasteiger partial charge on any atom is -0.482 e. The molecule has 5 nitrogen and oxygen atoms in total. The van der Waals surface area contributed by atoms with E-state index in [9.17, 15) is 9.59 Å². The second-order valence-corrected chi connectivity index (χ2v) is 7.55. The minimum atomic E-state index is -1.02. The number of amides is 1. The Balaban J connectivity index is 1.77. The van der Waals surface area contributed by atoms with Crippen molar-refractivity contribution in [1.82, 2.24) is 5.32 Å². The van der Waals surface area contributed by atoms with Crippen LogP contribution in [0.3, 0.4) is 0 Å². The number of ether oxygens (including phenoxy) is 1. The molecule has 0 aliphatic heterocycles. The molecule has 144 valence electrons. The summed E-state index contributed by atoms with van der Waals surface area (Å²) in [6.07, 6.45) is 0.446. The van der Waals surface area contributed by atoms with Crippen molar-refractivity contribution in [1.29, 1.82) is 0 Å². The topological polar surface area (TPSA) is 75.6 Å². The average Bonchev–Trinajstić information content (AvgIpc) is 2.63. The van der Waals surface area contributed by atoms with Crippen LogP contribution in [0, 0.1) is 13.8 Å². The van der Waals surface area contributed by atoms with E-state index in [1.165, 1.54) is 16.0 Å². The van der Waals surface area contributed by atoms with Crippen LogP contribution in [-0.2, 0) is 9.59 Å². The van der Waals surface area contributed by atoms with E-state index in [0.717, 1.165) is 11.3 Å². The van der Waals surface area contributed by atoms with Gasteiger partial charge in [0.25, 0.3) is 0 Å². The lowest BCUT2D eigenvalue weighted by molar-refractivity contribution is -0.139. The molecule has 0 saturated heterocycles. The van der Waals surface area contributed by atoms with Crippen LogP contribution in [0.2, 0.25) is 0 Å². The molecule has 6 heteroatoms. The smallest absolute Gasteiger partial charge is 0.341 e. The molecule has 0 aromatic heterocycles. The maximum atomic E-state index is 12.2. The summed E-state index contributed by atoms with van der Waals surface area (Å²) in [4.78, 5) is 23.8. The Hall–Kier alpha value is -2.47. The molecular formula is C21H25NO4S. The van der Waals surface area contributed by atoms with Crippen molar-refractivity contribution >= 4 is 23.6 Å². The predicted octanol–water partition coefficient (Wildman–Crippen LogP) is 4.13. The first-order valence-electron chi connectivity index (χ1n) is 8.79. The molecule has 0 aliphatic rings. The van der Waals surface area contributed by atoms with Gasteiger partial charge in [-0.3, -0.25) is 4.79 Å². The first-order chi connectivity index (χ1) is 12.8. The fraction of sp³-hybridized carbons (Fsp3) is 0.333. The van der Waals surface area contributed by atoms with Crippen LogP contribution in [-0.4, -0.2) is 29.3 Å². The lowest BCUT2D eigenvalue weighted by atomic mass is 10.1. The fourth-order valence-corrected chi connectivity index (χ4v) is 3.41. The molecule has 27 heavy (non-hydrogen) atoms. The largest absolute Gasteiger partial charge is 0.482 e. The van der Waals surface area contributed by atoms with Crippen molar-refractivity contribution < 1.29 is 19.4 Å². The number of aliphatic carboxylic acids is 1. The second kappa shape index (κ2) is 10.0. The molecular weight excluding hydrogens is 362 g/mol. The van der Waals surface area contributed by atoms with Crippen LogP contribution in [0.1, 0.15) is 36.1 Å². The molecule has 0 aliphatic carbocycles. The molecule has 0 saturated carbocycles. The number of benzene rings is 2. The molecule has 2 aromatic rings. The van der Waals surface area contributed by atoms with Crippen molar-refractivity contribution in [2.75, 3.05) is 12.4 Å². The van der Waals surface area contributed by atoms with E-state index in [-0.39, 0.29) is 18.6 Å². The zero-order valence-corrected chi connectivity index (χ0v) is 16.6. The summed E-state index contributed by atoms with van der Waals surface area (Å²) in [6.45, 7) is 5.72. The van der Waals surface area contributed by atoms with E-state index in [4.69, 9.17) is 9.84 Å². The zero-order valence-electron chi connectivity index (χ0n) is 15.8. The van der Waals surface area contributed by atoms with Gasteiger partial charge in [-0.05, 0) is 61.7 Å². The Bertz CT molecular complexity index is 789. The van der Waals surface area contributed by atoms with Gasteiger partial charge in [0, 0.05) is 17.1 Å². The summed E-state index contributed by atoms with van der Waals surface area (Å²) in [7, 11) is 0. The van der Waals surface area contributed by atoms with Gasteiger partial charge in [0.15, 0.2) is 6.61 Å². The maximum absolute atomic E-state index is 12.2. The summed E-state index contributed by atoms with van der Waals surface area (Å²) in [5, 5.41) is 11.6. The maximum Gasteiger partial charge on any atom is 0.341 e. The van der Waals surface area contributed by atoms with Gasteiger partial charge in [-0.25, -0.2) is 4.79 Å². The lowest BCUT2D eigenvalue weighted by Gasteiger charge is -2.15.